The lowest BCUT2D eigenvalue weighted by molar-refractivity contribution is -0.133. The number of likely N-dealkylation sites (tertiary alicyclic amines) is 1. The predicted octanol–water partition coefficient (Wildman–Crippen LogP) is 2.44. The van der Waals surface area contributed by atoms with Gasteiger partial charge in [0.05, 0.1) is 18.3 Å². The molecule has 1 saturated heterocycles. The highest BCUT2D eigenvalue weighted by Crippen LogP contribution is 2.21. The second-order valence-electron chi connectivity index (χ2n) is 9.48. The van der Waals surface area contributed by atoms with Gasteiger partial charge in [0.15, 0.2) is 5.78 Å². The summed E-state index contributed by atoms with van der Waals surface area (Å²) in [7, 11) is 1.77. The summed E-state index contributed by atoms with van der Waals surface area (Å²) in [5.74, 6) is -0.719. The fraction of sp³-hybridized carbons (Fsp3) is 0.500. The van der Waals surface area contributed by atoms with Crippen molar-refractivity contribution in [2.24, 2.45) is 0 Å². The Morgan fingerprint density at radius 3 is 2.69 bits per heavy atom. The van der Waals surface area contributed by atoms with Crippen molar-refractivity contribution in [3.05, 3.63) is 36.0 Å². The number of amides is 2. The lowest BCUT2D eigenvalue weighted by atomic mass is 9.99. The van der Waals surface area contributed by atoms with Crippen LogP contribution in [0.3, 0.4) is 0 Å². The highest BCUT2D eigenvalue weighted by molar-refractivity contribution is 8.14. The molecule has 2 amide bonds. The molecule has 4 N–H and O–H groups in total. The summed E-state index contributed by atoms with van der Waals surface area (Å²) in [6.07, 6.45) is 4.14. The molecule has 10 heteroatoms. The van der Waals surface area contributed by atoms with Crippen LogP contribution in [0.2, 0.25) is 0 Å². The third-order valence-electron chi connectivity index (χ3n) is 6.31. The number of rotatable bonds is 12. The van der Waals surface area contributed by atoms with Gasteiger partial charge in [0.1, 0.15) is 0 Å². The van der Waals surface area contributed by atoms with Gasteiger partial charge < -0.3 is 25.9 Å². The largest absolute Gasteiger partial charge is 0.361 e. The minimum Gasteiger partial charge on any atom is -0.361 e. The van der Waals surface area contributed by atoms with Crippen LogP contribution in [-0.2, 0) is 25.6 Å². The SMILES string of the molecule is CC(C)SC(=O)[C@H](CCC(=O)C=N)NC(=O)[C@H](Cc1c[nH]c2ccccc12)NC1CCN(C)C(=O)C1. The smallest absolute Gasteiger partial charge is 0.238 e. The van der Waals surface area contributed by atoms with Crippen LogP contribution in [0.4, 0.5) is 0 Å². The van der Waals surface area contributed by atoms with Crippen molar-refractivity contribution in [3.63, 3.8) is 0 Å². The van der Waals surface area contributed by atoms with Crippen molar-refractivity contribution in [2.75, 3.05) is 13.6 Å². The first-order valence-electron chi connectivity index (χ1n) is 12.3. The monoisotopic (exact) mass is 513 g/mol. The molecule has 1 fully saturated rings. The number of piperidine rings is 1. The second kappa shape index (κ2) is 12.8. The van der Waals surface area contributed by atoms with E-state index in [4.69, 9.17) is 5.41 Å². The van der Waals surface area contributed by atoms with Crippen molar-refractivity contribution in [2.45, 2.75) is 69.3 Å². The second-order valence-corrected chi connectivity index (χ2v) is 11.1. The van der Waals surface area contributed by atoms with Gasteiger partial charge in [-0.25, -0.2) is 0 Å². The number of hydrogen-bond acceptors (Lipinski definition) is 7. The number of thioether (sulfide) groups is 1. The Hall–Kier alpha value is -2.98. The summed E-state index contributed by atoms with van der Waals surface area (Å²) in [4.78, 5) is 55.4. The normalized spacial score (nSPS) is 17.7. The zero-order chi connectivity index (χ0) is 26.2. The Balaban J connectivity index is 1.81. The molecule has 2 aromatic rings. The number of Topliss-reactive ketones (excluding diaryl/α,β-unsaturated/α-hetero) is 1. The molecule has 3 atom stereocenters. The first-order valence-corrected chi connectivity index (χ1v) is 13.1. The zero-order valence-corrected chi connectivity index (χ0v) is 21.8. The van der Waals surface area contributed by atoms with Crippen LogP contribution in [0.15, 0.2) is 30.5 Å². The maximum atomic E-state index is 13.6. The minimum atomic E-state index is -0.847. The van der Waals surface area contributed by atoms with E-state index in [1.165, 1.54) is 0 Å². The number of para-hydroxylation sites is 1. The molecule has 36 heavy (non-hydrogen) atoms. The van der Waals surface area contributed by atoms with Gasteiger partial charge >= 0.3 is 0 Å². The van der Waals surface area contributed by atoms with Crippen molar-refractivity contribution in [1.29, 1.82) is 5.41 Å². The van der Waals surface area contributed by atoms with E-state index in [1.807, 2.05) is 44.3 Å². The molecule has 1 aliphatic heterocycles. The maximum absolute atomic E-state index is 13.6. The first kappa shape index (κ1) is 27.6. The van der Waals surface area contributed by atoms with E-state index in [0.29, 0.717) is 19.4 Å². The number of hydrogen-bond donors (Lipinski definition) is 4. The quantitative estimate of drug-likeness (QED) is 0.322. The van der Waals surface area contributed by atoms with Crippen molar-refractivity contribution >= 4 is 51.6 Å². The topological polar surface area (TPSA) is 135 Å². The lowest BCUT2D eigenvalue weighted by Crippen LogP contribution is -2.55. The van der Waals surface area contributed by atoms with Crippen LogP contribution in [0.25, 0.3) is 10.9 Å². The molecule has 0 radical (unpaired) electrons. The van der Waals surface area contributed by atoms with Crippen molar-refractivity contribution in [1.82, 2.24) is 20.5 Å². The molecular weight excluding hydrogens is 478 g/mol. The Labute approximate surface area is 215 Å². The number of fused-ring (bicyclic) bond motifs is 1. The van der Waals surface area contributed by atoms with Gasteiger partial charge in [-0.05, 0) is 30.9 Å². The Kier molecular flexibility index (Phi) is 9.83. The number of H-pyrrole nitrogens is 1. The fourth-order valence-electron chi connectivity index (χ4n) is 4.31. The molecule has 1 unspecified atom stereocenters. The third-order valence-corrected chi connectivity index (χ3v) is 7.29. The standard InChI is InChI=1S/C26H35N5O4S/c1-16(2)36-26(35)22(9-8-19(32)14-27)30-25(34)23(29-18-10-11-31(3)24(33)13-18)12-17-15-28-21-7-5-4-6-20(17)21/h4-7,14-16,18,22-23,27-29H,8-13H2,1-3H3,(H,30,34)/t18?,22-,23-/m0/s1. The van der Waals surface area contributed by atoms with Gasteiger partial charge in [-0.3, -0.25) is 19.2 Å². The molecule has 194 valence electrons. The number of aromatic amines is 1. The molecular formula is C26H35N5O4S. The summed E-state index contributed by atoms with van der Waals surface area (Å²) in [5, 5.41) is 14.2. The van der Waals surface area contributed by atoms with E-state index in [9.17, 15) is 19.2 Å². The lowest BCUT2D eigenvalue weighted by Gasteiger charge is -2.32. The van der Waals surface area contributed by atoms with E-state index in [0.717, 1.165) is 40.9 Å². The third kappa shape index (κ3) is 7.51. The van der Waals surface area contributed by atoms with Crippen molar-refractivity contribution in [3.8, 4) is 0 Å². The highest BCUT2D eigenvalue weighted by Gasteiger charge is 2.31. The molecule has 1 aromatic carbocycles. The number of aromatic nitrogens is 1. The number of carbonyl (C=O) groups is 4. The zero-order valence-electron chi connectivity index (χ0n) is 21.0. The average Bonchev–Trinajstić information content (AvgIpc) is 3.25. The van der Waals surface area contributed by atoms with Crippen LogP contribution in [0, 0.1) is 5.41 Å². The van der Waals surface area contributed by atoms with Crippen LogP contribution in [0.1, 0.15) is 45.1 Å². The summed E-state index contributed by atoms with van der Waals surface area (Å²) < 4.78 is 0. The molecule has 1 aliphatic rings. The molecule has 0 saturated carbocycles. The van der Waals surface area contributed by atoms with Gasteiger partial charge in [-0.15, -0.1) is 0 Å². The number of nitrogens with one attached hydrogen (secondary N) is 4. The van der Waals surface area contributed by atoms with E-state index >= 15 is 0 Å². The van der Waals surface area contributed by atoms with Gasteiger partial charge in [0.25, 0.3) is 0 Å². The Morgan fingerprint density at radius 1 is 1.25 bits per heavy atom. The number of benzene rings is 1. The minimum absolute atomic E-state index is 0.00282. The van der Waals surface area contributed by atoms with Gasteiger partial charge in [-0.2, -0.15) is 0 Å². The molecule has 0 spiro atoms. The molecule has 0 bridgehead atoms. The summed E-state index contributed by atoms with van der Waals surface area (Å²) in [6, 6.07) is 6.15. The number of carbonyl (C=O) groups excluding carboxylic acids is 4. The molecule has 2 heterocycles. The van der Waals surface area contributed by atoms with Crippen LogP contribution < -0.4 is 10.6 Å². The number of ketones is 1. The van der Waals surface area contributed by atoms with Crippen LogP contribution >= 0.6 is 11.8 Å². The first-order chi connectivity index (χ1) is 17.2. The van der Waals surface area contributed by atoms with Crippen LogP contribution in [0.5, 0.6) is 0 Å². The van der Waals surface area contributed by atoms with E-state index < -0.39 is 17.9 Å². The van der Waals surface area contributed by atoms with Gasteiger partial charge in [0.2, 0.25) is 16.9 Å². The van der Waals surface area contributed by atoms with E-state index in [2.05, 4.69) is 15.6 Å². The highest BCUT2D eigenvalue weighted by atomic mass is 32.2. The predicted molar refractivity (Wildman–Crippen MR) is 142 cm³/mol. The Morgan fingerprint density at radius 2 is 2.00 bits per heavy atom. The summed E-state index contributed by atoms with van der Waals surface area (Å²) in [5.41, 5.74) is 1.92. The Bertz CT molecular complexity index is 1110. The van der Waals surface area contributed by atoms with Gasteiger partial charge in [-0.1, -0.05) is 43.8 Å². The van der Waals surface area contributed by atoms with E-state index in [-0.39, 0.29) is 41.1 Å². The van der Waals surface area contributed by atoms with Crippen molar-refractivity contribution < 1.29 is 19.2 Å². The molecule has 1 aromatic heterocycles. The van der Waals surface area contributed by atoms with E-state index in [1.54, 1.807) is 11.9 Å². The maximum Gasteiger partial charge on any atom is 0.238 e. The fourth-order valence-corrected chi connectivity index (χ4v) is 5.12. The number of nitrogens with zero attached hydrogens (tertiary/aromatic N) is 1. The van der Waals surface area contributed by atoms with Crippen LogP contribution in [-0.4, -0.2) is 75.8 Å². The van der Waals surface area contributed by atoms with Gasteiger partial charge in [0, 0.05) is 54.8 Å². The molecule has 9 nitrogen and oxygen atoms in total. The summed E-state index contributed by atoms with van der Waals surface area (Å²) >= 11 is 1.12. The average molecular weight is 514 g/mol. The molecule has 3 rings (SSSR count). The summed E-state index contributed by atoms with van der Waals surface area (Å²) in [6.45, 7) is 4.39. The molecule has 0 aliphatic carbocycles.